The summed E-state index contributed by atoms with van der Waals surface area (Å²) in [5.41, 5.74) is 0.940. The third kappa shape index (κ3) is 5.62. The monoisotopic (exact) mass is 322 g/mol. The molecular formula is C15H19ClN4O2. The van der Waals surface area contributed by atoms with E-state index >= 15 is 0 Å². The Labute approximate surface area is 134 Å². The van der Waals surface area contributed by atoms with Crippen LogP contribution in [0.1, 0.15) is 33.1 Å². The molecule has 0 aliphatic rings. The number of nitrogens with zero attached hydrogens (tertiary/aromatic N) is 1. The SMILES string of the molecule is CCC(=O)Nc1ccc(Cl)c(NC(=O)NC(CC)CC#N)c1. The van der Waals surface area contributed by atoms with Gasteiger partial charge in [-0.3, -0.25) is 4.79 Å². The Kier molecular flexibility index (Phi) is 7.20. The molecule has 0 aliphatic carbocycles. The zero-order valence-electron chi connectivity index (χ0n) is 12.6. The van der Waals surface area contributed by atoms with Gasteiger partial charge in [0.15, 0.2) is 0 Å². The highest BCUT2D eigenvalue weighted by molar-refractivity contribution is 6.33. The van der Waals surface area contributed by atoms with Crippen LogP contribution >= 0.6 is 11.6 Å². The van der Waals surface area contributed by atoms with Crippen molar-refractivity contribution >= 4 is 34.9 Å². The Bertz CT molecular complexity index is 583. The maximum absolute atomic E-state index is 11.9. The van der Waals surface area contributed by atoms with Crippen molar-refractivity contribution in [3.8, 4) is 6.07 Å². The van der Waals surface area contributed by atoms with Gasteiger partial charge in [0.25, 0.3) is 0 Å². The number of nitriles is 1. The van der Waals surface area contributed by atoms with Crippen molar-refractivity contribution in [1.29, 1.82) is 5.26 Å². The number of anilines is 2. The predicted molar refractivity (Wildman–Crippen MR) is 86.8 cm³/mol. The molecule has 0 bridgehead atoms. The van der Waals surface area contributed by atoms with E-state index in [1.54, 1.807) is 25.1 Å². The number of benzene rings is 1. The van der Waals surface area contributed by atoms with Crippen molar-refractivity contribution in [2.45, 2.75) is 39.2 Å². The van der Waals surface area contributed by atoms with Crippen LogP contribution in [0.5, 0.6) is 0 Å². The number of halogens is 1. The molecule has 7 heteroatoms. The fourth-order valence-electron chi connectivity index (χ4n) is 1.70. The van der Waals surface area contributed by atoms with Crippen LogP contribution in [0.3, 0.4) is 0 Å². The lowest BCUT2D eigenvalue weighted by Crippen LogP contribution is -2.37. The number of urea groups is 1. The lowest BCUT2D eigenvalue weighted by atomic mass is 10.2. The molecule has 1 unspecified atom stereocenters. The second-order valence-electron chi connectivity index (χ2n) is 4.66. The molecule has 1 aromatic rings. The fourth-order valence-corrected chi connectivity index (χ4v) is 1.86. The second kappa shape index (κ2) is 8.90. The zero-order chi connectivity index (χ0) is 16.5. The summed E-state index contributed by atoms with van der Waals surface area (Å²) in [5.74, 6) is -0.127. The standard InChI is InChI=1S/C15H19ClN4O2/c1-3-10(7-8-17)19-15(22)20-13-9-11(5-6-12(13)16)18-14(21)4-2/h5-6,9-10H,3-4,7H2,1-2H3,(H,18,21)(H2,19,20,22). The maximum atomic E-state index is 11.9. The topological polar surface area (TPSA) is 94.0 Å². The molecule has 22 heavy (non-hydrogen) atoms. The van der Waals surface area contributed by atoms with E-state index < -0.39 is 6.03 Å². The number of carbonyl (C=O) groups is 2. The van der Waals surface area contributed by atoms with E-state index in [1.165, 1.54) is 0 Å². The first kappa shape index (κ1) is 17.8. The van der Waals surface area contributed by atoms with E-state index in [-0.39, 0.29) is 18.4 Å². The van der Waals surface area contributed by atoms with Gasteiger partial charge in [-0.05, 0) is 24.6 Å². The van der Waals surface area contributed by atoms with Gasteiger partial charge in [0.1, 0.15) is 0 Å². The number of nitrogens with one attached hydrogen (secondary N) is 3. The normalized spacial score (nSPS) is 11.2. The Morgan fingerprint density at radius 3 is 2.64 bits per heavy atom. The summed E-state index contributed by atoms with van der Waals surface area (Å²) in [7, 11) is 0. The van der Waals surface area contributed by atoms with Gasteiger partial charge in [0, 0.05) is 18.2 Å². The quantitative estimate of drug-likeness (QED) is 0.748. The highest BCUT2D eigenvalue weighted by atomic mass is 35.5. The molecule has 0 saturated carbocycles. The van der Waals surface area contributed by atoms with Gasteiger partial charge in [-0.25, -0.2) is 4.79 Å². The summed E-state index contributed by atoms with van der Waals surface area (Å²) in [6, 6.07) is 6.20. The average molecular weight is 323 g/mol. The number of rotatable bonds is 6. The van der Waals surface area contributed by atoms with Crippen LogP contribution in [0.2, 0.25) is 5.02 Å². The molecule has 6 nitrogen and oxygen atoms in total. The van der Waals surface area contributed by atoms with Gasteiger partial charge >= 0.3 is 6.03 Å². The van der Waals surface area contributed by atoms with E-state index in [0.29, 0.717) is 29.2 Å². The molecule has 0 aromatic heterocycles. The smallest absolute Gasteiger partial charge is 0.319 e. The van der Waals surface area contributed by atoms with Crippen LogP contribution in [-0.4, -0.2) is 18.0 Å². The highest BCUT2D eigenvalue weighted by Gasteiger charge is 2.12. The molecule has 118 valence electrons. The summed E-state index contributed by atoms with van der Waals surface area (Å²) >= 11 is 6.03. The molecule has 0 saturated heterocycles. The van der Waals surface area contributed by atoms with Gasteiger partial charge in [-0.1, -0.05) is 25.4 Å². The molecule has 0 radical (unpaired) electrons. The van der Waals surface area contributed by atoms with E-state index in [4.69, 9.17) is 16.9 Å². The minimum Gasteiger partial charge on any atom is -0.334 e. The molecule has 0 aliphatic heterocycles. The molecule has 3 amide bonds. The van der Waals surface area contributed by atoms with Crippen molar-refractivity contribution in [3.63, 3.8) is 0 Å². The zero-order valence-corrected chi connectivity index (χ0v) is 13.3. The van der Waals surface area contributed by atoms with Crippen LogP contribution in [0.15, 0.2) is 18.2 Å². The van der Waals surface area contributed by atoms with Crippen molar-refractivity contribution in [1.82, 2.24) is 5.32 Å². The third-order valence-corrected chi connectivity index (χ3v) is 3.31. The Morgan fingerprint density at radius 2 is 2.05 bits per heavy atom. The average Bonchev–Trinajstić information content (AvgIpc) is 2.49. The Hall–Kier alpha value is -2.26. The molecule has 1 aromatic carbocycles. The Balaban J connectivity index is 2.75. The van der Waals surface area contributed by atoms with Crippen LogP contribution in [0.4, 0.5) is 16.2 Å². The maximum Gasteiger partial charge on any atom is 0.319 e. The van der Waals surface area contributed by atoms with Crippen LogP contribution in [-0.2, 0) is 4.79 Å². The van der Waals surface area contributed by atoms with Gasteiger partial charge in [-0.15, -0.1) is 0 Å². The third-order valence-electron chi connectivity index (χ3n) is 2.99. The summed E-state index contributed by atoms with van der Waals surface area (Å²) in [6.45, 7) is 3.63. The van der Waals surface area contributed by atoms with Crippen molar-refractivity contribution in [2.24, 2.45) is 0 Å². The van der Waals surface area contributed by atoms with Crippen molar-refractivity contribution < 1.29 is 9.59 Å². The largest absolute Gasteiger partial charge is 0.334 e. The van der Waals surface area contributed by atoms with E-state index in [9.17, 15) is 9.59 Å². The van der Waals surface area contributed by atoms with Crippen LogP contribution in [0, 0.1) is 11.3 Å². The summed E-state index contributed by atoms with van der Waals surface area (Å²) < 4.78 is 0. The predicted octanol–water partition coefficient (Wildman–Crippen LogP) is 3.50. The number of amides is 3. The summed E-state index contributed by atoms with van der Waals surface area (Å²) in [4.78, 5) is 23.3. The first-order valence-corrected chi connectivity index (χ1v) is 7.41. The minimum atomic E-state index is -0.442. The van der Waals surface area contributed by atoms with Gasteiger partial charge in [-0.2, -0.15) is 5.26 Å². The van der Waals surface area contributed by atoms with Crippen LogP contribution in [0.25, 0.3) is 0 Å². The number of carbonyl (C=O) groups excluding carboxylic acids is 2. The molecule has 0 fully saturated rings. The fraction of sp³-hybridized carbons (Fsp3) is 0.400. The first-order valence-electron chi connectivity index (χ1n) is 7.04. The molecule has 0 spiro atoms. The number of hydrogen-bond acceptors (Lipinski definition) is 3. The summed E-state index contributed by atoms with van der Waals surface area (Å²) in [6.07, 6.45) is 1.25. The van der Waals surface area contributed by atoms with E-state index in [2.05, 4.69) is 16.0 Å². The van der Waals surface area contributed by atoms with E-state index in [1.807, 2.05) is 13.0 Å². The minimum absolute atomic E-state index is 0.127. The molecule has 1 atom stereocenters. The second-order valence-corrected chi connectivity index (χ2v) is 5.07. The van der Waals surface area contributed by atoms with Crippen molar-refractivity contribution in [2.75, 3.05) is 10.6 Å². The van der Waals surface area contributed by atoms with Gasteiger partial charge in [0.2, 0.25) is 5.91 Å². The molecule has 1 rings (SSSR count). The molecule has 3 N–H and O–H groups in total. The number of hydrogen-bond donors (Lipinski definition) is 3. The van der Waals surface area contributed by atoms with E-state index in [0.717, 1.165) is 0 Å². The van der Waals surface area contributed by atoms with Crippen LogP contribution < -0.4 is 16.0 Å². The lowest BCUT2D eigenvalue weighted by molar-refractivity contribution is -0.115. The van der Waals surface area contributed by atoms with Gasteiger partial charge in [0.05, 0.1) is 23.2 Å². The Morgan fingerprint density at radius 1 is 1.32 bits per heavy atom. The highest BCUT2D eigenvalue weighted by Crippen LogP contribution is 2.25. The summed E-state index contributed by atoms with van der Waals surface area (Å²) in [5, 5.41) is 17.0. The lowest BCUT2D eigenvalue weighted by Gasteiger charge is -2.15. The first-order chi connectivity index (χ1) is 10.5. The van der Waals surface area contributed by atoms with Gasteiger partial charge < -0.3 is 16.0 Å². The molecular weight excluding hydrogens is 304 g/mol. The van der Waals surface area contributed by atoms with Crippen molar-refractivity contribution in [3.05, 3.63) is 23.2 Å². The molecule has 0 heterocycles.